The minimum atomic E-state index is -1.84. The van der Waals surface area contributed by atoms with Gasteiger partial charge in [-0.25, -0.2) is 4.57 Å². The van der Waals surface area contributed by atoms with Crippen LogP contribution in [-0.4, -0.2) is 4.57 Å². The zero-order valence-electron chi connectivity index (χ0n) is 27.6. The maximum absolute atomic E-state index is 8.94. The van der Waals surface area contributed by atoms with Gasteiger partial charge in [-0.15, -0.1) is 0 Å². The zero-order chi connectivity index (χ0) is 31.5. The lowest BCUT2D eigenvalue weighted by Crippen LogP contribution is -2.30. The van der Waals surface area contributed by atoms with E-state index in [9.17, 15) is 0 Å². The number of benzene rings is 5. The van der Waals surface area contributed by atoms with Gasteiger partial charge >= 0.3 is 0 Å². The topological polar surface area (TPSA) is 21.9 Å². The molecule has 0 amide bonds. The summed E-state index contributed by atoms with van der Waals surface area (Å²) in [5.41, 5.74) is 8.28. The van der Waals surface area contributed by atoms with Crippen LogP contribution in [0.5, 0.6) is 0 Å². The molecule has 0 atom stereocenters. The predicted octanol–water partition coefficient (Wildman–Crippen LogP) is 9.12. The Morgan fingerprint density at radius 2 is 1.61 bits per heavy atom. The summed E-state index contributed by atoms with van der Waals surface area (Å²) in [5, 5.41) is 2.00. The molecule has 200 valence electrons. The normalized spacial score (nSPS) is 18.2. The average Bonchev–Trinajstić information content (AvgIpc) is 3.59. The molecular weight excluding hydrogens is 500 g/mol. The van der Waals surface area contributed by atoms with Crippen LogP contribution in [-0.2, 0) is 19.8 Å². The lowest BCUT2D eigenvalue weighted by Gasteiger charge is -2.14. The van der Waals surface area contributed by atoms with E-state index < -0.39 is 18.2 Å². The Kier molecular flexibility index (Phi) is 4.29. The van der Waals surface area contributed by atoms with Crippen LogP contribution in [0.15, 0.2) is 108 Å². The molecule has 2 aromatic heterocycles. The Morgan fingerprint density at radius 3 is 2.46 bits per heavy atom. The highest BCUT2D eigenvalue weighted by atomic mass is 16.3. The molecular formula is C38H33N2O+. The maximum atomic E-state index is 8.94. The second-order valence-electron chi connectivity index (χ2n) is 11.6. The standard InChI is InChI=1S/C38H33N2O/c1-24-17-20-33-35(34(24)37-39(4)31-15-8-9-16-32(31)40(37)28-11-6-5-7-12-28)30-14-10-13-29(36(30)41-33)25-18-19-26-22-38(2,3)23-27(26)21-25/h5-21H,22-23H2,1-4H3/q+1/i22D2,23D2. The third-order valence-corrected chi connectivity index (χ3v) is 8.35. The fraction of sp³-hybridized carbons (Fsp3) is 0.184. The third-order valence-electron chi connectivity index (χ3n) is 8.35. The fourth-order valence-corrected chi connectivity index (χ4v) is 6.57. The number of fused-ring (bicyclic) bond motifs is 5. The van der Waals surface area contributed by atoms with E-state index in [0.29, 0.717) is 11.1 Å². The van der Waals surface area contributed by atoms with Gasteiger partial charge in [0, 0.05) is 21.8 Å². The van der Waals surface area contributed by atoms with Crippen LogP contribution in [0.25, 0.3) is 61.2 Å². The van der Waals surface area contributed by atoms with E-state index >= 15 is 0 Å². The van der Waals surface area contributed by atoms with E-state index in [1.807, 2.05) is 36.4 Å². The zero-order valence-corrected chi connectivity index (χ0v) is 23.6. The molecule has 0 radical (unpaired) electrons. The van der Waals surface area contributed by atoms with Crippen LogP contribution in [0.2, 0.25) is 0 Å². The summed E-state index contributed by atoms with van der Waals surface area (Å²) < 4.78 is 46.7. The smallest absolute Gasteiger partial charge is 0.295 e. The van der Waals surface area contributed by atoms with Crippen molar-refractivity contribution in [2.24, 2.45) is 12.5 Å². The molecule has 0 fully saturated rings. The largest absolute Gasteiger partial charge is 0.455 e. The summed E-state index contributed by atoms with van der Waals surface area (Å²) in [6.07, 6.45) is -3.64. The fourth-order valence-electron chi connectivity index (χ4n) is 6.57. The molecule has 0 saturated heterocycles. The number of para-hydroxylation sites is 4. The molecule has 0 saturated carbocycles. The molecule has 41 heavy (non-hydrogen) atoms. The minimum Gasteiger partial charge on any atom is -0.455 e. The summed E-state index contributed by atoms with van der Waals surface area (Å²) in [5.74, 6) is 1.05. The van der Waals surface area contributed by atoms with Gasteiger partial charge in [-0.2, -0.15) is 4.57 Å². The predicted molar refractivity (Wildman–Crippen MR) is 169 cm³/mol. The average molecular weight is 538 g/mol. The molecule has 3 heteroatoms. The van der Waals surface area contributed by atoms with Gasteiger partial charge < -0.3 is 4.42 Å². The molecule has 2 heterocycles. The Morgan fingerprint density at radius 1 is 0.829 bits per heavy atom. The molecule has 8 rings (SSSR count). The second kappa shape index (κ2) is 8.68. The molecule has 0 N–H and O–H groups in total. The van der Waals surface area contributed by atoms with E-state index in [0.717, 1.165) is 66.7 Å². The summed E-state index contributed by atoms with van der Waals surface area (Å²) in [6.45, 7) is 5.49. The van der Waals surface area contributed by atoms with E-state index in [1.54, 1.807) is 19.9 Å². The Hall–Kier alpha value is -4.63. The summed E-state index contributed by atoms with van der Waals surface area (Å²) in [6, 6.07) is 34.6. The van der Waals surface area contributed by atoms with Crippen LogP contribution in [0, 0.1) is 12.3 Å². The van der Waals surface area contributed by atoms with Crippen molar-refractivity contribution in [2.75, 3.05) is 0 Å². The molecule has 7 aromatic rings. The third kappa shape index (κ3) is 3.62. The van der Waals surface area contributed by atoms with Gasteiger partial charge in [0.15, 0.2) is 11.0 Å². The quantitative estimate of drug-likeness (QED) is 0.206. The molecule has 1 aliphatic rings. The molecule has 0 bridgehead atoms. The number of hydrogen-bond acceptors (Lipinski definition) is 1. The number of rotatable bonds is 3. The van der Waals surface area contributed by atoms with Crippen molar-refractivity contribution in [1.29, 1.82) is 0 Å². The SMILES string of the molecule is [2H]C1([2H])c2ccc(-c3cccc4c3oc3ccc(C)c(-c5n(-c6ccccc6)c6ccccc6[n+]5C)c34)cc2C([2H])([2H])C1(C)C. The number of nitrogens with zero attached hydrogens (tertiary/aromatic N) is 2. The first-order valence-electron chi connectivity index (χ1n) is 16.1. The van der Waals surface area contributed by atoms with Crippen LogP contribution in [0.1, 0.15) is 36.0 Å². The van der Waals surface area contributed by atoms with Crippen molar-refractivity contribution < 1.29 is 14.5 Å². The summed E-state index contributed by atoms with van der Waals surface area (Å²) >= 11 is 0. The maximum Gasteiger partial charge on any atom is 0.295 e. The lowest BCUT2D eigenvalue weighted by molar-refractivity contribution is -0.633. The molecule has 0 unspecified atom stereocenters. The van der Waals surface area contributed by atoms with Gasteiger partial charge in [0.05, 0.1) is 12.6 Å². The Balaban J connectivity index is 1.42. The number of hydrogen-bond donors (Lipinski definition) is 0. The minimum absolute atomic E-state index is 0.402. The first kappa shape index (κ1) is 20.3. The van der Waals surface area contributed by atoms with E-state index in [2.05, 4.69) is 83.8 Å². The van der Waals surface area contributed by atoms with Crippen molar-refractivity contribution in [3.05, 3.63) is 120 Å². The molecule has 3 nitrogen and oxygen atoms in total. The summed E-state index contributed by atoms with van der Waals surface area (Å²) in [7, 11) is 2.11. The van der Waals surface area contributed by atoms with Gasteiger partial charge in [-0.3, -0.25) is 0 Å². The number of aryl methyl sites for hydroxylation is 2. The van der Waals surface area contributed by atoms with Gasteiger partial charge in [-0.1, -0.05) is 86.6 Å². The molecule has 0 aliphatic heterocycles. The van der Waals surface area contributed by atoms with E-state index in [4.69, 9.17) is 9.90 Å². The highest BCUT2D eigenvalue weighted by Crippen LogP contribution is 2.44. The van der Waals surface area contributed by atoms with Crippen LogP contribution in [0.4, 0.5) is 0 Å². The highest BCUT2D eigenvalue weighted by molar-refractivity contribution is 6.15. The van der Waals surface area contributed by atoms with Crippen molar-refractivity contribution in [1.82, 2.24) is 4.57 Å². The van der Waals surface area contributed by atoms with Crippen molar-refractivity contribution in [3.8, 4) is 28.2 Å². The number of furan rings is 1. The highest BCUT2D eigenvalue weighted by Gasteiger charge is 2.31. The van der Waals surface area contributed by atoms with Crippen LogP contribution in [0.3, 0.4) is 0 Å². The lowest BCUT2D eigenvalue weighted by atomic mass is 9.90. The van der Waals surface area contributed by atoms with Crippen molar-refractivity contribution in [2.45, 2.75) is 33.5 Å². The van der Waals surface area contributed by atoms with E-state index in [-0.39, 0.29) is 0 Å². The first-order valence-corrected chi connectivity index (χ1v) is 14.1. The van der Waals surface area contributed by atoms with Crippen LogP contribution >= 0.6 is 0 Å². The number of aromatic nitrogens is 2. The van der Waals surface area contributed by atoms with Gasteiger partial charge in [0.1, 0.15) is 16.9 Å². The van der Waals surface area contributed by atoms with Crippen molar-refractivity contribution in [3.63, 3.8) is 0 Å². The van der Waals surface area contributed by atoms with Gasteiger partial charge in [-0.05, 0) is 77.7 Å². The Labute approximate surface area is 245 Å². The molecule has 5 aromatic carbocycles. The Bertz CT molecular complexity index is 2330. The van der Waals surface area contributed by atoms with Gasteiger partial charge in [0.2, 0.25) is 0 Å². The molecule has 0 spiro atoms. The van der Waals surface area contributed by atoms with Crippen LogP contribution < -0.4 is 4.57 Å². The molecule has 1 aliphatic carbocycles. The monoisotopic (exact) mass is 537 g/mol. The van der Waals surface area contributed by atoms with Gasteiger partial charge in [0.25, 0.3) is 5.82 Å². The second-order valence-corrected chi connectivity index (χ2v) is 11.6. The number of imidazole rings is 1. The van der Waals surface area contributed by atoms with Crippen molar-refractivity contribution >= 4 is 33.0 Å². The first-order chi connectivity index (χ1) is 21.4. The van der Waals surface area contributed by atoms with E-state index in [1.165, 1.54) is 0 Å². The summed E-state index contributed by atoms with van der Waals surface area (Å²) in [4.78, 5) is 0.